The molecule has 1 aliphatic rings. The summed E-state index contributed by atoms with van der Waals surface area (Å²) in [4.78, 5) is 19.4. The number of carbonyl (C=O) groups excluding carboxylic acids is 1. The summed E-state index contributed by atoms with van der Waals surface area (Å²) in [6, 6.07) is 1.73. The molecule has 0 aliphatic heterocycles. The van der Waals surface area contributed by atoms with Gasteiger partial charge in [0.2, 0.25) is 5.82 Å². The van der Waals surface area contributed by atoms with Crippen molar-refractivity contribution in [1.82, 2.24) is 9.97 Å². The minimum absolute atomic E-state index is 0.0286. The lowest BCUT2D eigenvalue weighted by molar-refractivity contribution is 0.0586. The van der Waals surface area contributed by atoms with Crippen molar-refractivity contribution in [3.8, 4) is 0 Å². The molecule has 0 spiro atoms. The Hall–Kier alpha value is -1.69. The van der Waals surface area contributed by atoms with Gasteiger partial charge in [-0.3, -0.25) is 0 Å². The third-order valence-corrected chi connectivity index (χ3v) is 2.88. The summed E-state index contributed by atoms with van der Waals surface area (Å²) in [5.41, 5.74) is 0.675. The van der Waals surface area contributed by atoms with Gasteiger partial charge in [-0.25, -0.2) is 14.8 Å². The molecule has 0 saturated heterocycles. The number of rotatable bonds is 5. The van der Waals surface area contributed by atoms with Crippen LogP contribution < -0.4 is 5.32 Å². The first-order valence-corrected chi connectivity index (χ1v) is 5.96. The quantitative estimate of drug-likeness (QED) is 0.751. The first-order chi connectivity index (χ1) is 8.60. The number of hydrogen-bond acceptors (Lipinski definition) is 6. The fraction of sp³-hybridized carbons (Fsp3) is 0.583. The molecule has 1 atom stereocenters. The number of aliphatic hydroxyl groups excluding tert-OH is 1. The van der Waals surface area contributed by atoms with E-state index in [1.54, 1.807) is 13.0 Å². The van der Waals surface area contributed by atoms with Crippen LogP contribution in [0.25, 0.3) is 0 Å². The van der Waals surface area contributed by atoms with Crippen molar-refractivity contribution in [3.05, 3.63) is 17.6 Å². The molecule has 1 aliphatic carbocycles. The molecule has 1 aromatic heterocycles. The van der Waals surface area contributed by atoms with Gasteiger partial charge in [-0.05, 0) is 25.7 Å². The fourth-order valence-corrected chi connectivity index (χ4v) is 1.70. The predicted octanol–water partition coefficient (Wildman–Crippen LogP) is 0.754. The highest BCUT2D eigenvalue weighted by atomic mass is 16.5. The Balaban J connectivity index is 2.02. The largest absolute Gasteiger partial charge is 0.463 e. The molecule has 2 rings (SSSR count). The number of aliphatic hydroxyl groups is 1. The molecule has 6 heteroatoms. The Morgan fingerprint density at radius 3 is 2.94 bits per heavy atom. The number of methoxy groups -OCH3 is 1. The topological polar surface area (TPSA) is 84.3 Å². The standard InChI is InChI=1S/C12H17N3O3/c1-7-5-10(13-6-9(16)8-3-4-8)15-11(14-7)12(17)18-2/h5,8-9,16H,3-4,6H2,1-2H3,(H,13,14,15). The Bertz CT molecular complexity index is 446. The number of hydrogen-bond donors (Lipinski definition) is 2. The zero-order valence-corrected chi connectivity index (χ0v) is 10.5. The average molecular weight is 251 g/mol. The van der Waals surface area contributed by atoms with E-state index in [-0.39, 0.29) is 11.9 Å². The van der Waals surface area contributed by atoms with E-state index < -0.39 is 5.97 Å². The molecule has 1 aromatic rings. The highest BCUT2D eigenvalue weighted by Crippen LogP contribution is 2.32. The Morgan fingerprint density at radius 2 is 2.33 bits per heavy atom. The lowest BCUT2D eigenvalue weighted by atomic mass is 10.2. The normalized spacial score (nSPS) is 16.2. The number of esters is 1. The lowest BCUT2D eigenvalue weighted by Gasteiger charge is -2.11. The van der Waals surface area contributed by atoms with Crippen molar-refractivity contribution >= 4 is 11.8 Å². The van der Waals surface area contributed by atoms with Crippen LogP contribution in [0.4, 0.5) is 5.82 Å². The molecule has 2 N–H and O–H groups in total. The predicted molar refractivity (Wildman–Crippen MR) is 65.3 cm³/mol. The third kappa shape index (κ3) is 3.16. The van der Waals surface area contributed by atoms with Crippen LogP contribution in [0.15, 0.2) is 6.07 Å². The zero-order chi connectivity index (χ0) is 13.1. The maximum Gasteiger partial charge on any atom is 0.376 e. The van der Waals surface area contributed by atoms with Gasteiger partial charge in [0, 0.05) is 18.3 Å². The van der Waals surface area contributed by atoms with Crippen LogP contribution in [-0.2, 0) is 4.74 Å². The Morgan fingerprint density at radius 1 is 1.61 bits per heavy atom. The molecule has 1 saturated carbocycles. The van der Waals surface area contributed by atoms with Crippen LogP contribution in [0.1, 0.15) is 29.2 Å². The number of aryl methyl sites for hydroxylation is 1. The maximum absolute atomic E-state index is 11.3. The molecule has 1 fully saturated rings. The molecule has 0 aromatic carbocycles. The molecular formula is C12H17N3O3. The van der Waals surface area contributed by atoms with E-state index in [1.165, 1.54) is 7.11 Å². The number of ether oxygens (including phenoxy) is 1. The van der Waals surface area contributed by atoms with Crippen LogP contribution in [-0.4, -0.2) is 40.8 Å². The summed E-state index contributed by atoms with van der Waals surface area (Å²) >= 11 is 0. The van der Waals surface area contributed by atoms with Gasteiger partial charge in [0.05, 0.1) is 13.2 Å². The van der Waals surface area contributed by atoms with Crippen LogP contribution in [0, 0.1) is 12.8 Å². The van der Waals surface area contributed by atoms with E-state index in [2.05, 4.69) is 20.0 Å². The van der Waals surface area contributed by atoms with E-state index in [0.29, 0.717) is 24.0 Å². The first-order valence-electron chi connectivity index (χ1n) is 5.96. The van der Waals surface area contributed by atoms with Crippen LogP contribution in [0.2, 0.25) is 0 Å². The minimum atomic E-state index is -0.565. The van der Waals surface area contributed by atoms with Gasteiger partial charge in [-0.1, -0.05) is 0 Å². The van der Waals surface area contributed by atoms with Crippen LogP contribution in [0.3, 0.4) is 0 Å². The van der Waals surface area contributed by atoms with E-state index in [9.17, 15) is 9.90 Å². The second kappa shape index (κ2) is 5.30. The van der Waals surface area contributed by atoms with Gasteiger partial charge in [-0.2, -0.15) is 0 Å². The summed E-state index contributed by atoms with van der Waals surface area (Å²) in [7, 11) is 1.29. The highest BCUT2D eigenvalue weighted by molar-refractivity contribution is 5.85. The van der Waals surface area contributed by atoms with Crippen molar-refractivity contribution in [3.63, 3.8) is 0 Å². The summed E-state index contributed by atoms with van der Waals surface area (Å²) in [6.07, 6.45) is 1.81. The molecule has 1 heterocycles. The Kier molecular flexibility index (Phi) is 3.76. The maximum atomic E-state index is 11.3. The second-order valence-electron chi connectivity index (χ2n) is 4.50. The molecule has 0 bridgehead atoms. The second-order valence-corrected chi connectivity index (χ2v) is 4.50. The summed E-state index contributed by atoms with van der Waals surface area (Å²) in [5.74, 6) is 0.397. The van der Waals surface area contributed by atoms with Crippen LogP contribution >= 0.6 is 0 Å². The first kappa shape index (κ1) is 12.8. The summed E-state index contributed by atoms with van der Waals surface area (Å²) in [6.45, 7) is 2.21. The molecule has 0 amide bonds. The third-order valence-electron chi connectivity index (χ3n) is 2.88. The molecule has 18 heavy (non-hydrogen) atoms. The van der Waals surface area contributed by atoms with Gasteiger partial charge in [0.25, 0.3) is 0 Å². The van der Waals surface area contributed by atoms with Crippen molar-refractivity contribution in [2.75, 3.05) is 19.0 Å². The number of aromatic nitrogens is 2. The van der Waals surface area contributed by atoms with Gasteiger partial charge in [0.1, 0.15) is 5.82 Å². The van der Waals surface area contributed by atoms with Gasteiger partial charge in [0.15, 0.2) is 0 Å². The van der Waals surface area contributed by atoms with E-state index in [0.717, 1.165) is 12.8 Å². The van der Waals surface area contributed by atoms with Crippen molar-refractivity contribution in [2.24, 2.45) is 5.92 Å². The van der Waals surface area contributed by atoms with Gasteiger partial charge in [-0.15, -0.1) is 0 Å². The van der Waals surface area contributed by atoms with Gasteiger partial charge < -0.3 is 15.2 Å². The molecule has 1 unspecified atom stereocenters. The summed E-state index contributed by atoms with van der Waals surface area (Å²) < 4.78 is 4.58. The van der Waals surface area contributed by atoms with E-state index >= 15 is 0 Å². The number of nitrogens with one attached hydrogen (secondary N) is 1. The molecular weight excluding hydrogens is 234 g/mol. The Labute approximate surface area is 105 Å². The zero-order valence-electron chi connectivity index (χ0n) is 10.5. The van der Waals surface area contributed by atoms with Crippen molar-refractivity contribution in [2.45, 2.75) is 25.9 Å². The smallest absolute Gasteiger partial charge is 0.376 e. The van der Waals surface area contributed by atoms with Crippen molar-refractivity contribution < 1.29 is 14.6 Å². The molecule has 0 radical (unpaired) electrons. The number of anilines is 1. The fourth-order valence-electron chi connectivity index (χ4n) is 1.70. The highest BCUT2D eigenvalue weighted by Gasteiger charge is 2.29. The number of carbonyl (C=O) groups is 1. The van der Waals surface area contributed by atoms with Gasteiger partial charge >= 0.3 is 5.97 Å². The number of nitrogens with zero attached hydrogens (tertiary/aromatic N) is 2. The summed E-state index contributed by atoms with van der Waals surface area (Å²) in [5, 5.41) is 12.8. The molecule has 6 nitrogen and oxygen atoms in total. The SMILES string of the molecule is COC(=O)c1nc(C)cc(NCC(O)C2CC2)n1. The molecule has 98 valence electrons. The van der Waals surface area contributed by atoms with Crippen LogP contribution in [0.5, 0.6) is 0 Å². The lowest BCUT2D eigenvalue weighted by Crippen LogP contribution is -2.22. The minimum Gasteiger partial charge on any atom is -0.463 e. The average Bonchev–Trinajstić information content (AvgIpc) is 3.18. The van der Waals surface area contributed by atoms with E-state index in [4.69, 9.17) is 0 Å². The monoisotopic (exact) mass is 251 g/mol. The van der Waals surface area contributed by atoms with Crippen molar-refractivity contribution in [1.29, 1.82) is 0 Å². The van der Waals surface area contributed by atoms with E-state index in [1.807, 2.05) is 0 Å².